The van der Waals surface area contributed by atoms with Crippen molar-refractivity contribution in [3.05, 3.63) is 53.9 Å². The fraction of sp³-hybridized carbons (Fsp3) is 0.333. The van der Waals surface area contributed by atoms with E-state index in [0.717, 1.165) is 5.56 Å². The summed E-state index contributed by atoms with van der Waals surface area (Å²) in [4.78, 5) is 16.5. The zero-order valence-corrected chi connectivity index (χ0v) is 13.7. The van der Waals surface area contributed by atoms with E-state index in [1.165, 1.54) is 12.1 Å². The summed E-state index contributed by atoms with van der Waals surface area (Å²) in [6, 6.07) is 5.61. The lowest BCUT2D eigenvalue weighted by molar-refractivity contribution is -0.123. The van der Waals surface area contributed by atoms with Gasteiger partial charge in [0.25, 0.3) is 0 Å². The molecule has 1 aromatic heterocycles. The second-order valence-corrected chi connectivity index (χ2v) is 7.31. The Labute approximate surface area is 131 Å². The van der Waals surface area contributed by atoms with E-state index in [9.17, 15) is 9.18 Å². The van der Waals surface area contributed by atoms with Crippen LogP contribution in [0.25, 0.3) is 0 Å². The Hall–Kier alpha value is -1.69. The smallest absolute Gasteiger partial charge is 0.237 e. The first kappa shape index (κ1) is 15.7. The molecule has 0 spiro atoms. The number of nitrogens with one attached hydrogen (secondary N) is 1. The molecule has 1 atom stereocenters. The minimum absolute atomic E-state index is 0.167. The van der Waals surface area contributed by atoms with Gasteiger partial charge in [-0.25, -0.2) is 9.37 Å². The third-order valence-corrected chi connectivity index (χ3v) is 3.50. The highest BCUT2D eigenvalue weighted by molar-refractivity contribution is 9.10. The first-order chi connectivity index (χ1) is 9.79. The number of aryl methyl sites for hydroxylation is 1. The second-order valence-electron chi connectivity index (χ2n) is 5.33. The van der Waals surface area contributed by atoms with E-state index in [4.69, 9.17) is 0 Å². The summed E-state index contributed by atoms with van der Waals surface area (Å²) < 4.78 is 14.2. The lowest BCUT2D eigenvalue weighted by atomic mass is 10.0. The zero-order valence-electron chi connectivity index (χ0n) is 12.1. The number of aromatic nitrogens is 2. The number of halogens is 2. The molecule has 1 heterocycles. The molecule has 2 rings (SSSR count). The maximum Gasteiger partial charge on any atom is 0.237 e. The first-order valence-electron chi connectivity index (χ1n) is 6.51. The number of alkyl halides is 1. The third-order valence-electron chi connectivity index (χ3n) is 3.14. The predicted molar refractivity (Wildman–Crippen MR) is 82.6 cm³/mol. The van der Waals surface area contributed by atoms with Gasteiger partial charge in [0.15, 0.2) is 0 Å². The van der Waals surface area contributed by atoms with Crippen molar-refractivity contribution in [3.8, 4) is 0 Å². The van der Waals surface area contributed by atoms with Crippen molar-refractivity contribution >= 4 is 21.8 Å². The van der Waals surface area contributed by atoms with Crippen LogP contribution in [-0.4, -0.2) is 19.8 Å². The van der Waals surface area contributed by atoms with Crippen molar-refractivity contribution in [3.63, 3.8) is 0 Å². The molecule has 0 saturated heterocycles. The molecule has 2 aromatic rings. The Balaban J connectivity index is 2.38. The summed E-state index contributed by atoms with van der Waals surface area (Å²) in [5.41, 5.74) is 0.774. The third kappa shape index (κ3) is 3.69. The van der Waals surface area contributed by atoms with Gasteiger partial charge in [0, 0.05) is 19.4 Å². The molecule has 0 aliphatic heterocycles. The standard InChI is InChI=1S/C15H17BrFN3O/c1-15(2,16)14(21)19-12(13-18-8-9-20(13)3)10-4-6-11(17)7-5-10/h4-9,12H,1-3H3,(H,19,21). The largest absolute Gasteiger partial charge is 0.341 e. The summed E-state index contributed by atoms with van der Waals surface area (Å²) in [5.74, 6) is 0.205. The molecular weight excluding hydrogens is 337 g/mol. The Morgan fingerprint density at radius 3 is 2.48 bits per heavy atom. The van der Waals surface area contributed by atoms with Crippen LogP contribution in [0, 0.1) is 5.82 Å². The summed E-state index contributed by atoms with van der Waals surface area (Å²) in [5, 5.41) is 2.94. The number of amides is 1. The summed E-state index contributed by atoms with van der Waals surface area (Å²) >= 11 is 3.34. The Morgan fingerprint density at radius 1 is 1.38 bits per heavy atom. The Bertz CT molecular complexity index is 631. The minimum atomic E-state index is -0.698. The topological polar surface area (TPSA) is 46.9 Å². The maximum absolute atomic E-state index is 13.1. The maximum atomic E-state index is 13.1. The monoisotopic (exact) mass is 353 g/mol. The average Bonchev–Trinajstić information content (AvgIpc) is 2.82. The van der Waals surface area contributed by atoms with E-state index in [2.05, 4.69) is 26.2 Å². The van der Waals surface area contributed by atoms with Crippen LogP contribution in [0.2, 0.25) is 0 Å². The molecule has 1 unspecified atom stereocenters. The van der Waals surface area contributed by atoms with Gasteiger partial charge < -0.3 is 9.88 Å². The lowest BCUT2D eigenvalue weighted by Gasteiger charge is -2.23. The number of imidazole rings is 1. The van der Waals surface area contributed by atoms with Crippen LogP contribution in [-0.2, 0) is 11.8 Å². The minimum Gasteiger partial charge on any atom is -0.341 e. The Morgan fingerprint density at radius 2 is 2.00 bits per heavy atom. The summed E-state index contributed by atoms with van der Waals surface area (Å²) in [7, 11) is 1.85. The highest BCUT2D eigenvalue weighted by Crippen LogP contribution is 2.24. The van der Waals surface area contributed by atoms with Crippen molar-refractivity contribution < 1.29 is 9.18 Å². The molecule has 6 heteroatoms. The average molecular weight is 354 g/mol. The number of hydrogen-bond donors (Lipinski definition) is 1. The zero-order chi connectivity index (χ0) is 15.6. The summed E-state index contributed by atoms with van der Waals surface area (Å²) in [6.45, 7) is 3.53. The fourth-order valence-electron chi connectivity index (χ4n) is 1.91. The predicted octanol–water partition coefficient (Wildman–Crippen LogP) is 2.94. The van der Waals surface area contributed by atoms with E-state index in [1.54, 1.807) is 38.4 Å². The molecule has 1 N–H and O–H groups in total. The second kappa shape index (κ2) is 5.97. The van der Waals surface area contributed by atoms with E-state index in [0.29, 0.717) is 5.82 Å². The van der Waals surface area contributed by atoms with Gasteiger partial charge in [-0.15, -0.1) is 0 Å². The number of hydrogen-bond acceptors (Lipinski definition) is 2. The molecule has 21 heavy (non-hydrogen) atoms. The van der Waals surface area contributed by atoms with Crippen LogP contribution in [0.4, 0.5) is 4.39 Å². The van der Waals surface area contributed by atoms with E-state index in [1.807, 2.05) is 11.6 Å². The molecule has 4 nitrogen and oxygen atoms in total. The van der Waals surface area contributed by atoms with Gasteiger partial charge in [-0.3, -0.25) is 4.79 Å². The van der Waals surface area contributed by atoms with Crippen molar-refractivity contribution in [1.29, 1.82) is 0 Å². The molecule has 1 amide bonds. The number of carbonyl (C=O) groups is 1. The highest BCUT2D eigenvalue weighted by Gasteiger charge is 2.28. The molecule has 0 bridgehead atoms. The quantitative estimate of drug-likeness (QED) is 0.859. The number of nitrogens with zero attached hydrogens (tertiary/aromatic N) is 2. The van der Waals surface area contributed by atoms with E-state index >= 15 is 0 Å². The van der Waals surface area contributed by atoms with Crippen molar-refractivity contribution in [2.24, 2.45) is 7.05 Å². The van der Waals surface area contributed by atoms with Gasteiger partial charge >= 0.3 is 0 Å². The molecule has 0 saturated carbocycles. The van der Waals surface area contributed by atoms with Gasteiger partial charge in [0.1, 0.15) is 17.7 Å². The van der Waals surface area contributed by atoms with Gasteiger partial charge in [0.2, 0.25) is 5.91 Å². The van der Waals surface area contributed by atoms with Gasteiger partial charge in [-0.1, -0.05) is 28.1 Å². The normalized spacial score (nSPS) is 13.0. The van der Waals surface area contributed by atoms with E-state index < -0.39 is 10.4 Å². The molecule has 1 aromatic carbocycles. The first-order valence-corrected chi connectivity index (χ1v) is 7.31. The number of rotatable bonds is 4. The van der Waals surface area contributed by atoms with Crippen LogP contribution in [0.1, 0.15) is 31.3 Å². The fourth-order valence-corrected chi connectivity index (χ4v) is 2.02. The van der Waals surface area contributed by atoms with Gasteiger partial charge in [-0.2, -0.15) is 0 Å². The summed E-state index contributed by atoms with van der Waals surface area (Å²) in [6.07, 6.45) is 3.47. The van der Waals surface area contributed by atoms with Gasteiger partial charge in [-0.05, 0) is 31.5 Å². The van der Waals surface area contributed by atoms with Crippen molar-refractivity contribution in [1.82, 2.24) is 14.9 Å². The van der Waals surface area contributed by atoms with Crippen molar-refractivity contribution in [2.45, 2.75) is 24.2 Å². The molecule has 0 fully saturated rings. The number of benzene rings is 1. The van der Waals surface area contributed by atoms with E-state index in [-0.39, 0.29) is 11.7 Å². The molecule has 0 aliphatic rings. The van der Waals surface area contributed by atoms with Crippen molar-refractivity contribution in [2.75, 3.05) is 0 Å². The highest BCUT2D eigenvalue weighted by atomic mass is 79.9. The lowest BCUT2D eigenvalue weighted by Crippen LogP contribution is -2.40. The molecule has 0 aliphatic carbocycles. The van der Waals surface area contributed by atoms with Gasteiger partial charge in [0.05, 0.1) is 4.32 Å². The Kier molecular flexibility index (Phi) is 4.46. The number of carbonyl (C=O) groups excluding carboxylic acids is 1. The van der Waals surface area contributed by atoms with Crippen LogP contribution in [0.15, 0.2) is 36.7 Å². The molecule has 112 valence electrons. The van der Waals surface area contributed by atoms with Crippen LogP contribution in [0.5, 0.6) is 0 Å². The SMILES string of the molecule is Cn1ccnc1C(NC(=O)C(C)(C)Br)c1ccc(F)cc1. The van der Waals surface area contributed by atoms with Crippen LogP contribution >= 0.6 is 15.9 Å². The molecule has 0 radical (unpaired) electrons. The van der Waals surface area contributed by atoms with Crippen LogP contribution in [0.3, 0.4) is 0 Å². The van der Waals surface area contributed by atoms with Crippen LogP contribution < -0.4 is 5.32 Å². The molecular formula is C15H17BrFN3O.